The van der Waals surface area contributed by atoms with E-state index in [2.05, 4.69) is 6.07 Å². The second-order valence-electron chi connectivity index (χ2n) is 2.59. The Balaban J connectivity index is 2.45. The van der Waals surface area contributed by atoms with Crippen molar-refractivity contribution in [3.63, 3.8) is 0 Å². The van der Waals surface area contributed by atoms with Crippen LogP contribution < -0.4 is 5.73 Å². The highest BCUT2D eigenvalue weighted by molar-refractivity contribution is 4.91. The molecule has 0 aromatic rings. The van der Waals surface area contributed by atoms with Crippen LogP contribution in [0.25, 0.3) is 0 Å². The van der Waals surface area contributed by atoms with Crippen molar-refractivity contribution in [2.75, 3.05) is 13.2 Å². The Labute approximate surface area is 60.8 Å². The van der Waals surface area contributed by atoms with E-state index in [-0.39, 0.29) is 12.0 Å². The molecule has 1 heterocycles. The van der Waals surface area contributed by atoms with Crippen LogP contribution in [0, 0.1) is 17.2 Å². The average Bonchev–Trinajstić information content (AvgIpc) is 2.13. The Morgan fingerprint density at radius 2 is 2.10 bits per heavy atom. The summed E-state index contributed by atoms with van der Waals surface area (Å²) >= 11 is 0. The third kappa shape index (κ3) is 1.69. The van der Waals surface area contributed by atoms with Crippen LogP contribution >= 0.6 is 0 Å². The zero-order chi connectivity index (χ0) is 7.40. The average molecular weight is 140 g/mol. The van der Waals surface area contributed by atoms with Gasteiger partial charge in [0.05, 0.1) is 12.0 Å². The monoisotopic (exact) mass is 140 g/mol. The fraction of sp³-hybridized carbons (Fsp3) is 0.857. The lowest BCUT2D eigenvalue weighted by molar-refractivity contribution is 0.142. The number of hydrogen-bond acceptors (Lipinski definition) is 3. The van der Waals surface area contributed by atoms with Crippen LogP contribution in [0.3, 0.4) is 0 Å². The molecule has 2 N–H and O–H groups in total. The first-order valence-corrected chi connectivity index (χ1v) is 3.57. The van der Waals surface area contributed by atoms with Crippen LogP contribution in [0.1, 0.15) is 12.8 Å². The molecule has 1 saturated heterocycles. The number of nitrogens with two attached hydrogens (primary N) is 1. The first-order chi connectivity index (χ1) is 4.84. The number of nitriles is 1. The van der Waals surface area contributed by atoms with Crippen LogP contribution in [0.2, 0.25) is 0 Å². The van der Waals surface area contributed by atoms with Crippen LogP contribution in [0.15, 0.2) is 0 Å². The summed E-state index contributed by atoms with van der Waals surface area (Å²) in [5.74, 6) is 0.00231. The van der Waals surface area contributed by atoms with Crippen molar-refractivity contribution in [2.45, 2.75) is 18.9 Å². The van der Waals surface area contributed by atoms with E-state index in [0.29, 0.717) is 13.2 Å². The van der Waals surface area contributed by atoms with Gasteiger partial charge < -0.3 is 10.5 Å². The van der Waals surface area contributed by atoms with Gasteiger partial charge in [-0.05, 0) is 12.8 Å². The molecule has 10 heavy (non-hydrogen) atoms. The molecule has 2 atom stereocenters. The van der Waals surface area contributed by atoms with E-state index in [1.165, 1.54) is 0 Å². The molecule has 0 aliphatic carbocycles. The SMILES string of the molecule is N#CC1CCOCCC1N. The minimum absolute atomic E-state index is 0.00231. The third-order valence-electron chi connectivity index (χ3n) is 1.85. The van der Waals surface area contributed by atoms with E-state index in [0.717, 1.165) is 12.8 Å². The molecule has 0 bridgehead atoms. The minimum Gasteiger partial charge on any atom is -0.381 e. The van der Waals surface area contributed by atoms with Crippen molar-refractivity contribution in [3.05, 3.63) is 0 Å². The second-order valence-corrected chi connectivity index (χ2v) is 2.59. The molecule has 0 amide bonds. The van der Waals surface area contributed by atoms with Gasteiger partial charge in [0.1, 0.15) is 0 Å². The molecule has 0 aromatic heterocycles. The summed E-state index contributed by atoms with van der Waals surface area (Å²) in [6, 6.07) is 2.21. The Morgan fingerprint density at radius 1 is 1.40 bits per heavy atom. The van der Waals surface area contributed by atoms with E-state index in [1.807, 2.05) is 0 Å². The standard InChI is InChI=1S/C7H12N2O/c8-5-6-1-3-10-4-2-7(6)9/h6-7H,1-4,9H2. The molecule has 1 aliphatic heterocycles. The van der Waals surface area contributed by atoms with Gasteiger partial charge in [0.25, 0.3) is 0 Å². The molecule has 0 saturated carbocycles. The zero-order valence-electron chi connectivity index (χ0n) is 5.92. The van der Waals surface area contributed by atoms with Crippen LogP contribution in [0.5, 0.6) is 0 Å². The molecule has 0 radical (unpaired) electrons. The number of nitrogens with zero attached hydrogens (tertiary/aromatic N) is 1. The maximum atomic E-state index is 8.60. The van der Waals surface area contributed by atoms with Crippen molar-refractivity contribution in [2.24, 2.45) is 11.7 Å². The van der Waals surface area contributed by atoms with Gasteiger partial charge in [0, 0.05) is 19.3 Å². The maximum Gasteiger partial charge on any atom is 0.0673 e. The molecule has 1 rings (SSSR count). The lowest BCUT2D eigenvalue weighted by atomic mass is 9.98. The van der Waals surface area contributed by atoms with Crippen LogP contribution in [-0.2, 0) is 4.74 Å². The summed E-state index contributed by atoms with van der Waals surface area (Å²) in [5, 5.41) is 8.60. The molecule has 0 aromatic carbocycles. The van der Waals surface area contributed by atoms with Crippen molar-refractivity contribution < 1.29 is 4.74 Å². The van der Waals surface area contributed by atoms with E-state index in [9.17, 15) is 0 Å². The van der Waals surface area contributed by atoms with Crippen LogP contribution in [0.4, 0.5) is 0 Å². The molecule has 2 unspecified atom stereocenters. The van der Waals surface area contributed by atoms with Gasteiger partial charge in [-0.3, -0.25) is 0 Å². The quantitative estimate of drug-likeness (QED) is 0.525. The van der Waals surface area contributed by atoms with E-state index in [4.69, 9.17) is 15.7 Å². The van der Waals surface area contributed by atoms with E-state index >= 15 is 0 Å². The number of rotatable bonds is 0. The Bertz CT molecular complexity index is 141. The van der Waals surface area contributed by atoms with Crippen molar-refractivity contribution in [1.82, 2.24) is 0 Å². The summed E-state index contributed by atoms with van der Waals surface area (Å²) < 4.78 is 5.17. The normalized spacial score (nSPS) is 34.4. The van der Waals surface area contributed by atoms with Gasteiger partial charge in [-0.15, -0.1) is 0 Å². The topological polar surface area (TPSA) is 59.0 Å². The Kier molecular flexibility index (Phi) is 2.67. The van der Waals surface area contributed by atoms with Gasteiger partial charge in [0.2, 0.25) is 0 Å². The fourth-order valence-electron chi connectivity index (χ4n) is 1.11. The predicted molar refractivity (Wildman–Crippen MR) is 37.1 cm³/mol. The second kappa shape index (κ2) is 3.55. The summed E-state index contributed by atoms with van der Waals surface area (Å²) in [4.78, 5) is 0. The summed E-state index contributed by atoms with van der Waals surface area (Å²) in [7, 11) is 0. The first-order valence-electron chi connectivity index (χ1n) is 3.57. The van der Waals surface area contributed by atoms with Gasteiger partial charge in [0.15, 0.2) is 0 Å². The molecule has 1 aliphatic rings. The smallest absolute Gasteiger partial charge is 0.0673 e. The molecule has 3 heteroatoms. The number of ether oxygens (including phenoxy) is 1. The summed E-state index contributed by atoms with van der Waals surface area (Å²) in [6.45, 7) is 1.39. The molecule has 56 valence electrons. The number of hydrogen-bond donors (Lipinski definition) is 1. The van der Waals surface area contributed by atoms with Crippen molar-refractivity contribution >= 4 is 0 Å². The highest BCUT2D eigenvalue weighted by atomic mass is 16.5. The molecular formula is C7H12N2O. The van der Waals surface area contributed by atoms with Gasteiger partial charge in [-0.1, -0.05) is 0 Å². The lowest BCUT2D eigenvalue weighted by Crippen LogP contribution is -2.28. The Hall–Kier alpha value is -0.590. The highest BCUT2D eigenvalue weighted by Gasteiger charge is 2.19. The van der Waals surface area contributed by atoms with E-state index < -0.39 is 0 Å². The van der Waals surface area contributed by atoms with Gasteiger partial charge in [-0.2, -0.15) is 5.26 Å². The summed E-state index contributed by atoms with van der Waals surface area (Å²) in [6.07, 6.45) is 1.61. The zero-order valence-corrected chi connectivity index (χ0v) is 5.92. The molecule has 1 fully saturated rings. The Morgan fingerprint density at radius 3 is 2.80 bits per heavy atom. The minimum atomic E-state index is 0.00231. The molecule has 3 nitrogen and oxygen atoms in total. The fourth-order valence-corrected chi connectivity index (χ4v) is 1.11. The predicted octanol–water partition coefficient (Wildman–Crippen LogP) is 0.264. The van der Waals surface area contributed by atoms with Crippen molar-refractivity contribution in [1.29, 1.82) is 5.26 Å². The van der Waals surface area contributed by atoms with Crippen LogP contribution in [-0.4, -0.2) is 19.3 Å². The maximum absolute atomic E-state index is 8.60. The molecule has 0 spiro atoms. The van der Waals surface area contributed by atoms with Crippen molar-refractivity contribution in [3.8, 4) is 6.07 Å². The summed E-state index contributed by atoms with van der Waals surface area (Å²) in [5.41, 5.74) is 5.69. The molecular weight excluding hydrogens is 128 g/mol. The van der Waals surface area contributed by atoms with Gasteiger partial charge >= 0.3 is 0 Å². The third-order valence-corrected chi connectivity index (χ3v) is 1.85. The highest BCUT2D eigenvalue weighted by Crippen LogP contribution is 2.13. The van der Waals surface area contributed by atoms with Gasteiger partial charge in [-0.25, -0.2) is 0 Å². The largest absolute Gasteiger partial charge is 0.381 e. The lowest BCUT2D eigenvalue weighted by Gasteiger charge is -2.10. The van der Waals surface area contributed by atoms with E-state index in [1.54, 1.807) is 0 Å². The first kappa shape index (κ1) is 7.52.